The van der Waals surface area contributed by atoms with Gasteiger partial charge >= 0.3 is 0 Å². The highest BCUT2D eigenvalue weighted by molar-refractivity contribution is 6.34. The van der Waals surface area contributed by atoms with Crippen LogP contribution in [0.5, 0.6) is 0 Å². The maximum atomic E-state index is 6.33. The molecule has 0 bridgehead atoms. The van der Waals surface area contributed by atoms with Gasteiger partial charge in [-0.25, -0.2) is 0 Å². The fourth-order valence-electron chi connectivity index (χ4n) is 6.84. The Morgan fingerprint density at radius 1 is 0.318 bits per heavy atom. The van der Waals surface area contributed by atoms with Gasteiger partial charge in [0.25, 0.3) is 0 Å². The Balaban J connectivity index is 1.32. The lowest BCUT2D eigenvalue weighted by atomic mass is 9.91. The average Bonchev–Trinajstić information content (AvgIpc) is 3.48. The van der Waals surface area contributed by atoms with Crippen LogP contribution in [0.3, 0.4) is 0 Å². The number of nitrogens with zero attached hydrogens (tertiary/aromatic N) is 1. The minimum atomic E-state index is 0.919. The maximum Gasteiger partial charge on any atom is 0.136 e. The second kappa shape index (κ2) is 9.86. The molecule has 0 atom stereocenters. The molecule has 1 aromatic heterocycles. The largest absolute Gasteiger partial charge is 0.456 e. The number of rotatable bonds is 4. The average molecular weight is 562 g/mol. The van der Waals surface area contributed by atoms with Gasteiger partial charge in [-0.3, -0.25) is 0 Å². The lowest BCUT2D eigenvalue weighted by Crippen LogP contribution is -2.09. The molecular weight excluding hydrogens is 534 g/mol. The molecule has 0 aliphatic rings. The number of hydrogen-bond acceptors (Lipinski definition) is 2. The third kappa shape index (κ3) is 3.82. The van der Waals surface area contributed by atoms with Crippen molar-refractivity contribution in [3.8, 4) is 11.1 Å². The van der Waals surface area contributed by atoms with E-state index < -0.39 is 0 Å². The summed E-state index contributed by atoms with van der Waals surface area (Å²) >= 11 is 0. The highest BCUT2D eigenvalue weighted by Gasteiger charge is 2.18. The van der Waals surface area contributed by atoms with Crippen molar-refractivity contribution in [1.29, 1.82) is 0 Å². The second-order valence-corrected chi connectivity index (χ2v) is 11.3. The van der Waals surface area contributed by atoms with Gasteiger partial charge in [0.2, 0.25) is 0 Å². The highest BCUT2D eigenvalue weighted by atomic mass is 16.3. The number of fused-ring (bicyclic) bond motifs is 10. The molecule has 0 unspecified atom stereocenters. The molecule has 0 saturated heterocycles. The van der Waals surface area contributed by atoms with E-state index >= 15 is 0 Å². The molecule has 0 aliphatic heterocycles. The molecule has 206 valence electrons. The van der Waals surface area contributed by atoms with E-state index in [1.54, 1.807) is 0 Å². The van der Waals surface area contributed by atoms with Crippen LogP contribution in [-0.2, 0) is 0 Å². The molecular formula is C42H27NO. The monoisotopic (exact) mass is 561 g/mol. The molecule has 0 fully saturated rings. The van der Waals surface area contributed by atoms with Crippen molar-refractivity contribution in [3.63, 3.8) is 0 Å². The normalized spacial score (nSPS) is 11.6. The Hall–Kier alpha value is -5.86. The standard InChI is InChI=1S/C42H27NO/c1-3-11-28(12-4-1)29-19-21-31(22-20-29)43(30-13-5-2-6-14-30)32-23-24-34-33-15-7-8-16-35(33)41-36(38(34)27-32)25-26-40-42(41)37-17-9-10-18-39(37)44-40/h1-27H. The third-order valence-electron chi connectivity index (χ3n) is 8.83. The molecule has 0 N–H and O–H groups in total. The van der Waals surface area contributed by atoms with Crippen LogP contribution in [0.4, 0.5) is 17.1 Å². The Morgan fingerprint density at radius 3 is 1.66 bits per heavy atom. The summed E-state index contributed by atoms with van der Waals surface area (Å²) in [6.07, 6.45) is 0. The van der Waals surface area contributed by atoms with Gasteiger partial charge in [-0.05, 0) is 92.7 Å². The molecule has 0 saturated carbocycles. The van der Waals surface area contributed by atoms with Gasteiger partial charge in [-0.15, -0.1) is 0 Å². The molecule has 8 aromatic carbocycles. The number of furan rings is 1. The number of hydrogen-bond donors (Lipinski definition) is 0. The Labute approximate surface area is 255 Å². The SMILES string of the molecule is c1ccc(-c2ccc(N(c3ccccc3)c3ccc4c5ccccc5c5c(ccc6oc7ccccc7c65)c4c3)cc2)cc1. The molecule has 44 heavy (non-hydrogen) atoms. The molecule has 0 aliphatic carbocycles. The van der Waals surface area contributed by atoms with Crippen molar-refractivity contribution in [1.82, 2.24) is 0 Å². The van der Waals surface area contributed by atoms with E-state index in [0.29, 0.717) is 0 Å². The van der Waals surface area contributed by atoms with Gasteiger partial charge in [-0.1, -0.05) is 109 Å². The Bertz CT molecular complexity index is 2480. The van der Waals surface area contributed by atoms with Crippen molar-refractivity contribution in [2.75, 3.05) is 4.90 Å². The van der Waals surface area contributed by atoms with E-state index in [9.17, 15) is 0 Å². The van der Waals surface area contributed by atoms with E-state index in [0.717, 1.165) is 33.6 Å². The topological polar surface area (TPSA) is 16.4 Å². The summed E-state index contributed by atoms with van der Waals surface area (Å²) in [5.41, 5.74) is 7.61. The smallest absolute Gasteiger partial charge is 0.136 e. The Morgan fingerprint density at radius 2 is 0.864 bits per heavy atom. The van der Waals surface area contributed by atoms with Crippen LogP contribution >= 0.6 is 0 Å². The molecule has 2 nitrogen and oxygen atoms in total. The van der Waals surface area contributed by atoms with Gasteiger partial charge in [0, 0.05) is 33.2 Å². The van der Waals surface area contributed by atoms with Crippen molar-refractivity contribution in [3.05, 3.63) is 164 Å². The zero-order chi connectivity index (χ0) is 29.0. The third-order valence-corrected chi connectivity index (χ3v) is 8.83. The van der Waals surface area contributed by atoms with Crippen LogP contribution in [0.25, 0.3) is 65.4 Å². The number of anilines is 3. The van der Waals surface area contributed by atoms with Crippen molar-refractivity contribution >= 4 is 71.3 Å². The number of benzene rings is 8. The van der Waals surface area contributed by atoms with Gasteiger partial charge in [-0.2, -0.15) is 0 Å². The summed E-state index contributed by atoms with van der Waals surface area (Å²) in [6.45, 7) is 0. The van der Waals surface area contributed by atoms with E-state index in [1.165, 1.54) is 48.8 Å². The van der Waals surface area contributed by atoms with E-state index in [1.807, 2.05) is 6.07 Å². The molecule has 9 rings (SSSR count). The van der Waals surface area contributed by atoms with Gasteiger partial charge in [0.15, 0.2) is 0 Å². The molecule has 2 heteroatoms. The molecule has 9 aromatic rings. The maximum absolute atomic E-state index is 6.33. The first kappa shape index (κ1) is 24.7. The summed E-state index contributed by atoms with van der Waals surface area (Å²) in [5.74, 6) is 0. The van der Waals surface area contributed by atoms with Crippen LogP contribution in [-0.4, -0.2) is 0 Å². The van der Waals surface area contributed by atoms with Crippen molar-refractivity contribution in [2.45, 2.75) is 0 Å². The first-order valence-corrected chi connectivity index (χ1v) is 15.0. The quantitative estimate of drug-likeness (QED) is 0.199. The summed E-state index contributed by atoms with van der Waals surface area (Å²) in [5, 5.41) is 9.77. The van der Waals surface area contributed by atoms with E-state index in [4.69, 9.17) is 4.42 Å². The summed E-state index contributed by atoms with van der Waals surface area (Å²) in [6, 6.07) is 58.4. The van der Waals surface area contributed by atoms with Crippen LogP contribution in [0.1, 0.15) is 0 Å². The summed E-state index contributed by atoms with van der Waals surface area (Å²) < 4.78 is 6.33. The Kier molecular flexibility index (Phi) is 5.54. The van der Waals surface area contributed by atoms with E-state index in [-0.39, 0.29) is 0 Å². The molecule has 0 amide bonds. The molecule has 0 spiro atoms. The first-order valence-electron chi connectivity index (χ1n) is 15.0. The van der Waals surface area contributed by atoms with Gasteiger partial charge in [0.1, 0.15) is 11.2 Å². The zero-order valence-corrected chi connectivity index (χ0v) is 23.9. The van der Waals surface area contributed by atoms with Crippen LogP contribution in [0.2, 0.25) is 0 Å². The lowest BCUT2D eigenvalue weighted by Gasteiger charge is -2.26. The fourth-order valence-corrected chi connectivity index (χ4v) is 6.84. The van der Waals surface area contributed by atoms with Gasteiger partial charge < -0.3 is 9.32 Å². The zero-order valence-electron chi connectivity index (χ0n) is 23.9. The number of para-hydroxylation sites is 2. The summed E-state index contributed by atoms with van der Waals surface area (Å²) in [7, 11) is 0. The van der Waals surface area contributed by atoms with Gasteiger partial charge in [0.05, 0.1) is 0 Å². The predicted molar refractivity (Wildman–Crippen MR) is 186 cm³/mol. The van der Waals surface area contributed by atoms with E-state index in [2.05, 4.69) is 163 Å². The van der Waals surface area contributed by atoms with Crippen molar-refractivity contribution in [2.24, 2.45) is 0 Å². The molecule has 1 heterocycles. The lowest BCUT2D eigenvalue weighted by molar-refractivity contribution is 0.669. The predicted octanol–water partition coefficient (Wildman–Crippen LogP) is 12.2. The van der Waals surface area contributed by atoms with Crippen LogP contribution in [0, 0.1) is 0 Å². The van der Waals surface area contributed by atoms with Crippen LogP contribution in [0.15, 0.2) is 168 Å². The van der Waals surface area contributed by atoms with Crippen molar-refractivity contribution < 1.29 is 4.42 Å². The second-order valence-electron chi connectivity index (χ2n) is 11.3. The minimum Gasteiger partial charge on any atom is -0.456 e. The minimum absolute atomic E-state index is 0.919. The molecule has 0 radical (unpaired) electrons. The fraction of sp³-hybridized carbons (Fsp3) is 0. The first-order chi connectivity index (χ1) is 21.8. The highest BCUT2D eigenvalue weighted by Crippen LogP contribution is 2.44. The van der Waals surface area contributed by atoms with Crippen LogP contribution < -0.4 is 4.90 Å². The summed E-state index contributed by atoms with van der Waals surface area (Å²) in [4.78, 5) is 2.35.